The number of nitrogens with zero attached hydrogens (tertiary/aromatic N) is 2. The molecule has 2 aromatic carbocycles. The molecule has 0 fully saturated rings. The Morgan fingerprint density at radius 1 is 0.821 bits per heavy atom. The Morgan fingerprint density at radius 3 is 2.00 bits per heavy atom. The van der Waals surface area contributed by atoms with Gasteiger partial charge in [-0.05, 0) is 23.8 Å². The highest BCUT2D eigenvalue weighted by Crippen LogP contribution is 2.37. The van der Waals surface area contributed by atoms with Crippen molar-refractivity contribution in [2.75, 3.05) is 23.7 Å². The van der Waals surface area contributed by atoms with Crippen molar-refractivity contribution >= 4 is 33.4 Å². The van der Waals surface area contributed by atoms with Gasteiger partial charge in [-0.2, -0.15) is 23.4 Å². The van der Waals surface area contributed by atoms with Gasteiger partial charge in [0.1, 0.15) is 6.67 Å². The van der Waals surface area contributed by atoms with Crippen molar-refractivity contribution in [2.45, 2.75) is 12.9 Å². The first-order chi connectivity index (χ1) is 13.5. The van der Waals surface area contributed by atoms with E-state index in [1.54, 1.807) is 18.2 Å². The summed E-state index contributed by atoms with van der Waals surface area (Å²) < 4.78 is 52.9. The van der Waals surface area contributed by atoms with Crippen LogP contribution in [0.2, 0.25) is 0 Å². The van der Waals surface area contributed by atoms with E-state index in [0.29, 0.717) is 34.3 Å². The van der Waals surface area contributed by atoms with Crippen molar-refractivity contribution in [1.82, 2.24) is 20.4 Å². The molecule has 6 nitrogen and oxygen atoms in total. The minimum atomic E-state index is -4.48. The molecule has 146 valence electrons. The zero-order valence-electron chi connectivity index (χ0n) is 14.5. The topological polar surface area (TPSA) is 81.4 Å². The highest BCUT2D eigenvalue weighted by molar-refractivity contribution is 5.94. The summed E-state index contributed by atoms with van der Waals surface area (Å²) in [4.78, 5) is 0. The zero-order chi connectivity index (χ0) is 19.7. The van der Waals surface area contributed by atoms with E-state index in [4.69, 9.17) is 0 Å². The van der Waals surface area contributed by atoms with Gasteiger partial charge in [0.25, 0.3) is 0 Å². The van der Waals surface area contributed by atoms with Gasteiger partial charge in [0, 0.05) is 18.5 Å². The molecule has 0 bridgehead atoms. The number of fused-ring (bicyclic) bond motifs is 2. The number of nitrogens with one attached hydrogen (secondary N) is 4. The van der Waals surface area contributed by atoms with Crippen LogP contribution in [-0.4, -0.2) is 33.5 Å². The van der Waals surface area contributed by atoms with Gasteiger partial charge < -0.3 is 10.6 Å². The van der Waals surface area contributed by atoms with Crippen LogP contribution in [0.3, 0.4) is 0 Å². The number of anilines is 2. The lowest BCUT2D eigenvalue weighted by atomic mass is 10.1. The van der Waals surface area contributed by atoms with E-state index in [1.165, 1.54) is 12.1 Å². The summed E-state index contributed by atoms with van der Waals surface area (Å²) in [5, 5.41) is 20.1. The third-order valence-electron chi connectivity index (χ3n) is 4.42. The number of hydrogen-bond acceptors (Lipinski definition) is 4. The highest BCUT2D eigenvalue weighted by atomic mass is 19.4. The SMILES string of the molecule is FCc1cccc2[nH]nc(NCCNc3n[nH]c4cccc(C(F)(F)F)c34)c12. The van der Waals surface area contributed by atoms with Crippen molar-refractivity contribution in [1.29, 1.82) is 0 Å². The van der Waals surface area contributed by atoms with Crippen LogP contribution in [0.15, 0.2) is 36.4 Å². The first kappa shape index (κ1) is 18.1. The summed E-state index contributed by atoms with van der Waals surface area (Å²) in [7, 11) is 0. The quantitative estimate of drug-likeness (QED) is 0.289. The number of benzene rings is 2. The zero-order valence-corrected chi connectivity index (χ0v) is 14.5. The number of hydrogen-bond donors (Lipinski definition) is 4. The second kappa shape index (κ2) is 7.02. The standard InChI is InChI=1S/C18H16F4N6/c19-9-10-3-1-5-12-14(10)16(27-25-12)23-7-8-24-17-15-11(18(20,21)22)4-2-6-13(15)26-28-17/h1-6H,7-9H2,(H2,23,25,27)(H2,24,26,28). The van der Waals surface area contributed by atoms with Crippen LogP contribution in [0.5, 0.6) is 0 Å². The molecule has 0 atom stereocenters. The molecule has 0 saturated carbocycles. The fourth-order valence-electron chi connectivity index (χ4n) is 3.18. The second-order valence-corrected chi connectivity index (χ2v) is 6.20. The van der Waals surface area contributed by atoms with Crippen LogP contribution in [0, 0.1) is 0 Å². The third-order valence-corrected chi connectivity index (χ3v) is 4.42. The summed E-state index contributed by atoms with van der Waals surface area (Å²) in [6.07, 6.45) is -4.48. The molecule has 10 heteroatoms. The maximum atomic E-state index is 13.2. The molecule has 4 rings (SSSR count). The Morgan fingerprint density at radius 2 is 1.39 bits per heavy atom. The minimum Gasteiger partial charge on any atom is -0.366 e. The lowest BCUT2D eigenvalue weighted by Gasteiger charge is -2.10. The second-order valence-electron chi connectivity index (χ2n) is 6.20. The average molecular weight is 392 g/mol. The third kappa shape index (κ3) is 3.21. The van der Waals surface area contributed by atoms with Gasteiger partial charge in [0.05, 0.1) is 22.0 Å². The van der Waals surface area contributed by atoms with Crippen molar-refractivity contribution < 1.29 is 17.6 Å². The Kier molecular flexibility index (Phi) is 4.54. The van der Waals surface area contributed by atoms with Gasteiger partial charge >= 0.3 is 6.18 Å². The first-order valence-electron chi connectivity index (χ1n) is 8.53. The van der Waals surface area contributed by atoms with Crippen molar-refractivity contribution in [2.24, 2.45) is 0 Å². The molecular formula is C18H16F4N6. The smallest absolute Gasteiger partial charge is 0.366 e. The molecule has 0 spiro atoms. The molecule has 4 aromatic rings. The normalized spacial score (nSPS) is 12.0. The molecule has 2 heterocycles. The van der Waals surface area contributed by atoms with Gasteiger partial charge in [-0.15, -0.1) is 0 Å². The van der Waals surface area contributed by atoms with Crippen LogP contribution < -0.4 is 10.6 Å². The number of H-pyrrole nitrogens is 2. The molecule has 4 N–H and O–H groups in total. The van der Waals surface area contributed by atoms with E-state index in [0.717, 1.165) is 6.07 Å². The fraction of sp³-hybridized carbons (Fsp3) is 0.222. The monoisotopic (exact) mass is 392 g/mol. The largest absolute Gasteiger partial charge is 0.417 e. The van der Waals surface area contributed by atoms with Gasteiger partial charge in [0.2, 0.25) is 0 Å². The van der Waals surface area contributed by atoms with Crippen LogP contribution in [0.1, 0.15) is 11.1 Å². The summed E-state index contributed by atoms with van der Waals surface area (Å²) >= 11 is 0. The molecular weight excluding hydrogens is 376 g/mol. The van der Waals surface area contributed by atoms with Crippen LogP contribution in [-0.2, 0) is 12.9 Å². The molecule has 0 aliphatic carbocycles. The molecule has 0 radical (unpaired) electrons. The van der Waals surface area contributed by atoms with Crippen molar-refractivity contribution in [3.8, 4) is 0 Å². The molecule has 28 heavy (non-hydrogen) atoms. The van der Waals surface area contributed by atoms with Gasteiger partial charge in [0.15, 0.2) is 11.6 Å². The Labute approximate surface area is 156 Å². The van der Waals surface area contributed by atoms with E-state index < -0.39 is 18.4 Å². The van der Waals surface area contributed by atoms with E-state index in [1.807, 2.05) is 0 Å². The van der Waals surface area contributed by atoms with Gasteiger partial charge in [-0.25, -0.2) is 4.39 Å². The Hall–Kier alpha value is -3.30. The van der Waals surface area contributed by atoms with E-state index in [9.17, 15) is 17.6 Å². The fourth-order valence-corrected chi connectivity index (χ4v) is 3.18. The summed E-state index contributed by atoms with van der Waals surface area (Å²) in [6.45, 7) is 0.0185. The van der Waals surface area contributed by atoms with E-state index in [-0.39, 0.29) is 17.7 Å². The van der Waals surface area contributed by atoms with Crippen LogP contribution in [0.4, 0.5) is 29.2 Å². The molecule has 0 unspecified atom stereocenters. The molecule has 0 aliphatic heterocycles. The van der Waals surface area contributed by atoms with Crippen LogP contribution in [0.25, 0.3) is 21.8 Å². The summed E-state index contributed by atoms with van der Waals surface area (Å²) in [5.74, 6) is 0.619. The van der Waals surface area contributed by atoms with E-state index >= 15 is 0 Å². The number of aromatic nitrogens is 4. The maximum absolute atomic E-state index is 13.2. The Bertz CT molecular complexity index is 1110. The molecule has 2 aromatic heterocycles. The predicted molar refractivity (Wildman–Crippen MR) is 99.0 cm³/mol. The lowest BCUT2D eigenvalue weighted by Crippen LogP contribution is -2.15. The molecule has 0 amide bonds. The molecule has 0 aliphatic rings. The van der Waals surface area contributed by atoms with E-state index in [2.05, 4.69) is 31.0 Å². The minimum absolute atomic E-state index is 0.0000604. The lowest BCUT2D eigenvalue weighted by molar-refractivity contribution is -0.136. The maximum Gasteiger partial charge on any atom is 0.417 e. The van der Waals surface area contributed by atoms with Crippen molar-refractivity contribution in [3.63, 3.8) is 0 Å². The number of aromatic amines is 2. The number of alkyl halides is 4. The van der Waals surface area contributed by atoms with Gasteiger partial charge in [-0.1, -0.05) is 18.2 Å². The molecule has 0 saturated heterocycles. The average Bonchev–Trinajstić information content (AvgIpc) is 3.28. The Balaban J connectivity index is 1.48. The number of rotatable bonds is 6. The highest BCUT2D eigenvalue weighted by Gasteiger charge is 2.34. The van der Waals surface area contributed by atoms with Crippen molar-refractivity contribution in [3.05, 3.63) is 47.5 Å². The first-order valence-corrected chi connectivity index (χ1v) is 8.53. The van der Waals surface area contributed by atoms with Crippen LogP contribution >= 0.6 is 0 Å². The summed E-state index contributed by atoms with van der Waals surface area (Å²) in [5.41, 5.74) is 0.768. The summed E-state index contributed by atoms with van der Waals surface area (Å²) in [6, 6.07) is 9.10. The predicted octanol–water partition coefficient (Wildman–Crippen LogP) is 4.45. The van der Waals surface area contributed by atoms with Gasteiger partial charge in [-0.3, -0.25) is 10.2 Å². The number of halogens is 4.